The van der Waals surface area contributed by atoms with Gasteiger partial charge in [0.05, 0.1) is 52.4 Å². The van der Waals surface area contributed by atoms with Crippen molar-refractivity contribution >= 4 is 0 Å². The molecule has 16 N–H and O–H groups in total. The molecule has 0 aromatic rings. The summed E-state index contributed by atoms with van der Waals surface area (Å²) in [6.45, 7) is -5.75. The van der Waals surface area contributed by atoms with E-state index in [2.05, 4.69) is 0 Å². The van der Waals surface area contributed by atoms with E-state index in [1.165, 1.54) is 0 Å². The van der Waals surface area contributed by atoms with Gasteiger partial charge in [-0.1, -0.05) is 0 Å². The van der Waals surface area contributed by atoms with Gasteiger partial charge in [0.15, 0.2) is 31.3 Å². The Labute approximate surface area is 378 Å². The van der Waals surface area contributed by atoms with Crippen molar-refractivity contribution in [3.63, 3.8) is 0 Å². The lowest BCUT2D eigenvalue weighted by molar-refractivity contribution is -0.430. The Kier molecular flexibility index (Phi) is 16.7. The Balaban J connectivity index is 1.05. The maximum absolute atomic E-state index is 11.5. The highest BCUT2D eigenvalue weighted by Crippen LogP contribution is 2.50. The Morgan fingerprint density at radius 2 is 0.806 bits per heavy atom. The minimum atomic E-state index is -2.28. The molecule has 18 fully saturated rings. The van der Waals surface area contributed by atoms with Gasteiger partial charge in [-0.05, 0) is 0 Å². The van der Waals surface area contributed by atoms with Crippen molar-refractivity contribution in [2.24, 2.45) is 0 Å². The van der Waals surface area contributed by atoms with E-state index in [1.54, 1.807) is 0 Å². The number of fused-ring (bicyclic) bond motifs is 1. The van der Waals surface area contributed by atoms with Gasteiger partial charge in [-0.2, -0.15) is 0 Å². The Morgan fingerprint density at radius 3 is 1.45 bits per heavy atom. The second kappa shape index (κ2) is 21.5. The van der Waals surface area contributed by atoms with Crippen LogP contribution in [-0.2, 0) is 66.6 Å². The van der Waals surface area contributed by atoms with Gasteiger partial charge in [0.1, 0.15) is 134 Å². The van der Waals surface area contributed by atoms with Crippen molar-refractivity contribution in [2.75, 3.05) is 46.2 Å². The Morgan fingerprint density at radius 1 is 0.343 bits per heavy atom. The molecule has 18 rings (SSSR count). The summed E-state index contributed by atoms with van der Waals surface area (Å²) in [6, 6.07) is 0. The van der Waals surface area contributed by atoms with Crippen LogP contribution >= 0.6 is 0 Å². The molecule has 18 saturated heterocycles. The van der Waals surface area contributed by atoms with E-state index >= 15 is 0 Å². The maximum atomic E-state index is 11.5. The number of epoxide rings is 1. The average molecular weight is 985 g/mol. The molecule has 0 radical (unpaired) electrons. The highest BCUT2D eigenvalue weighted by atomic mass is 17.2. The van der Waals surface area contributed by atoms with Crippen LogP contribution in [0, 0.1) is 0 Å². The topological polar surface area (TPSA) is 456 Å². The van der Waals surface area contributed by atoms with Gasteiger partial charge in [0, 0.05) is 6.42 Å². The number of ether oxygens (including phenoxy) is 12. The molecule has 18 aliphatic rings. The third kappa shape index (κ3) is 10.1. The molecule has 0 saturated carbocycles. The number of rotatable bonds is 5. The van der Waals surface area contributed by atoms with Gasteiger partial charge < -0.3 is 139 Å². The lowest BCUT2D eigenvalue weighted by Crippen LogP contribution is -2.66. The first kappa shape index (κ1) is 52.1. The Hall–Kier alpha value is -1.20. The van der Waals surface area contributed by atoms with Crippen LogP contribution in [-0.4, -0.2) is 306 Å². The second-order valence-corrected chi connectivity index (χ2v) is 17.5. The SMILES string of the molecule is OCC1O[C@@H]2O[C@H]3C(O)CC(O)[C@H](OC3CO)O[C@@H]3C(CO)O[C@@]4(OC4C3O)O[C@@H]3C(CO)O[C@H](O[C@@H]4C(CO)O[C@H](OCC5OCC(OO[C@H]1C(O)C2O)C(O)[C@@H]5O)C(O)C4O)C(O)C3O. The van der Waals surface area contributed by atoms with Gasteiger partial charge in [-0.15, -0.1) is 0 Å². The summed E-state index contributed by atoms with van der Waals surface area (Å²) in [4.78, 5) is 10.6. The summed E-state index contributed by atoms with van der Waals surface area (Å²) >= 11 is 0. The molecular weight excluding hydrogens is 924 g/mol. The molecular formula is C37H60O30. The summed E-state index contributed by atoms with van der Waals surface area (Å²) in [5.74, 6) is -2.28. The molecule has 67 heavy (non-hydrogen) atoms. The summed E-state index contributed by atoms with van der Waals surface area (Å²) < 4.78 is 68.7. The zero-order valence-electron chi connectivity index (χ0n) is 35.2. The number of aliphatic hydroxyl groups excluding tert-OH is 16. The summed E-state index contributed by atoms with van der Waals surface area (Å²) in [5.41, 5.74) is 0. The van der Waals surface area contributed by atoms with Crippen LogP contribution in [0.2, 0.25) is 0 Å². The van der Waals surface area contributed by atoms with Gasteiger partial charge in [0.2, 0.25) is 0 Å². The van der Waals surface area contributed by atoms with Crippen molar-refractivity contribution < 1.29 is 148 Å². The molecule has 0 amide bonds. The number of hydrogen-bond acceptors (Lipinski definition) is 30. The fourth-order valence-electron chi connectivity index (χ4n) is 9.17. The van der Waals surface area contributed by atoms with Crippen LogP contribution < -0.4 is 0 Å². The lowest BCUT2D eigenvalue weighted by atomic mass is 9.96. The molecule has 12 bridgehead atoms. The summed E-state index contributed by atoms with van der Waals surface area (Å²) in [5, 5.41) is 174. The molecule has 18 unspecified atom stereocenters. The van der Waals surface area contributed by atoms with Gasteiger partial charge in [-0.3, -0.25) is 0 Å². The van der Waals surface area contributed by atoms with Crippen LogP contribution in [0.25, 0.3) is 0 Å². The van der Waals surface area contributed by atoms with Crippen LogP contribution in [0.1, 0.15) is 6.42 Å². The first-order chi connectivity index (χ1) is 32.0. The normalized spacial score (nSPS) is 55.7. The third-order valence-electron chi connectivity index (χ3n) is 13.1. The first-order valence-corrected chi connectivity index (χ1v) is 21.7. The molecule has 1 spiro atoms. The van der Waals surface area contributed by atoms with Crippen molar-refractivity contribution in [2.45, 2.75) is 184 Å². The third-order valence-corrected chi connectivity index (χ3v) is 13.1. The van der Waals surface area contributed by atoms with Crippen molar-refractivity contribution in [1.82, 2.24) is 0 Å². The van der Waals surface area contributed by atoms with Gasteiger partial charge in [-0.25, -0.2) is 9.78 Å². The number of aliphatic hydroxyl groups is 16. The monoisotopic (exact) mass is 984 g/mol. The van der Waals surface area contributed by atoms with Gasteiger partial charge in [0.25, 0.3) is 0 Å². The zero-order valence-corrected chi connectivity index (χ0v) is 35.2. The predicted molar refractivity (Wildman–Crippen MR) is 198 cm³/mol. The molecule has 0 aromatic heterocycles. The van der Waals surface area contributed by atoms with E-state index in [0.29, 0.717) is 0 Å². The second-order valence-electron chi connectivity index (χ2n) is 17.5. The zero-order chi connectivity index (χ0) is 48.2. The van der Waals surface area contributed by atoms with Crippen LogP contribution in [0.5, 0.6) is 0 Å². The highest BCUT2D eigenvalue weighted by Gasteiger charge is 2.73. The standard InChI is InChI=1S/C37H60O30/c38-2-11-27-9(43)1-10(44)33(56-11)61-29-15(6-42)63-37(32(65-37)26(29)53)64-30-13(4-40)58-36(24(51)21(30)48)62-28-12(3-39)57-34(23(50)20(28)47)55-7-16-18(45)19(46)17(8-54-16)66-67-31-14(5-41)59-35(60-27)25(52)22(31)49/h9-36,38-53H,1-8H2/t9?,10?,11?,12?,13?,14?,15?,16?,17?,18-,19?,20?,21?,22?,23?,24?,25?,26?,27+,28-,29-,30-,31-,32?,33-,34+,35-,36-,37-/m1/s1. The van der Waals surface area contributed by atoms with Crippen molar-refractivity contribution in [3.05, 3.63) is 0 Å². The quantitative estimate of drug-likeness (QED) is 0.0898. The first-order valence-electron chi connectivity index (χ1n) is 21.7. The van der Waals surface area contributed by atoms with Crippen molar-refractivity contribution in [1.29, 1.82) is 0 Å². The molecule has 30 heteroatoms. The fourth-order valence-corrected chi connectivity index (χ4v) is 9.17. The van der Waals surface area contributed by atoms with Crippen molar-refractivity contribution in [3.8, 4) is 0 Å². The van der Waals surface area contributed by atoms with Crippen LogP contribution in [0.3, 0.4) is 0 Å². The van der Waals surface area contributed by atoms with Crippen LogP contribution in [0.4, 0.5) is 0 Å². The van der Waals surface area contributed by atoms with Crippen LogP contribution in [0.15, 0.2) is 0 Å². The minimum absolute atomic E-state index is 0.517. The fraction of sp³-hybridized carbons (Fsp3) is 1.00. The van der Waals surface area contributed by atoms with E-state index in [-0.39, 0.29) is 0 Å². The smallest absolute Gasteiger partial charge is 0.315 e. The maximum Gasteiger partial charge on any atom is 0.315 e. The molecule has 388 valence electrons. The average Bonchev–Trinajstić information content (AvgIpc) is 4.06. The summed E-state index contributed by atoms with van der Waals surface area (Å²) in [7, 11) is 0. The molecule has 0 aromatic carbocycles. The molecule has 0 aliphatic carbocycles. The number of hydrogen-bond donors (Lipinski definition) is 16. The molecule has 18 heterocycles. The molecule has 18 aliphatic heterocycles. The van der Waals surface area contributed by atoms with E-state index in [9.17, 15) is 81.7 Å². The highest BCUT2D eigenvalue weighted by molar-refractivity contribution is 5.06. The molecule has 30 nitrogen and oxygen atoms in total. The summed E-state index contributed by atoms with van der Waals surface area (Å²) in [6.07, 6.45) is -49.5. The van der Waals surface area contributed by atoms with E-state index in [1.807, 2.05) is 0 Å². The van der Waals surface area contributed by atoms with E-state index in [4.69, 9.17) is 66.6 Å². The predicted octanol–water partition coefficient (Wildman–Crippen LogP) is -11.7. The van der Waals surface area contributed by atoms with Gasteiger partial charge >= 0.3 is 5.97 Å². The minimum Gasteiger partial charge on any atom is -0.394 e. The largest absolute Gasteiger partial charge is 0.394 e. The van der Waals surface area contributed by atoms with E-state index < -0.39 is 230 Å². The van der Waals surface area contributed by atoms with E-state index in [0.717, 1.165) is 0 Å². The Bertz CT molecular complexity index is 1590. The lowest BCUT2D eigenvalue weighted by Gasteiger charge is -2.47. The molecule has 29 atom stereocenters.